The van der Waals surface area contributed by atoms with E-state index < -0.39 is 0 Å². The fourth-order valence-electron chi connectivity index (χ4n) is 3.25. The number of nitrogens with two attached hydrogens (primary N) is 1. The van der Waals surface area contributed by atoms with E-state index in [0.29, 0.717) is 17.8 Å². The Kier molecular flexibility index (Phi) is 4.85. The number of amides is 1. The lowest BCUT2D eigenvalue weighted by atomic mass is 10.1. The number of likely N-dealkylation sites (tertiary alicyclic amines) is 1. The minimum atomic E-state index is 0.0658. The Balaban J connectivity index is 1.85. The van der Waals surface area contributed by atoms with Crippen molar-refractivity contribution in [2.24, 2.45) is 0 Å². The van der Waals surface area contributed by atoms with Gasteiger partial charge in [0.2, 0.25) is 5.91 Å². The van der Waals surface area contributed by atoms with Crippen LogP contribution < -0.4 is 5.73 Å². The molecule has 1 fully saturated rings. The number of carbonyl (C=O) groups excluding carboxylic acids is 1. The lowest BCUT2D eigenvalue weighted by molar-refractivity contribution is -0.132. The lowest BCUT2D eigenvalue weighted by Crippen LogP contribution is -2.38. The zero-order valence-electron chi connectivity index (χ0n) is 13.7. The van der Waals surface area contributed by atoms with Crippen molar-refractivity contribution in [3.63, 3.8) is 0 Å². The molecule has 0 unspecified atom stereocenters. The number of hydrogen-bond donors (Lipinski definition) is 1. The molecule has 1 aliphatic rings. The Morgan fingerprint density at radius 1 is 1.17 bits per heavy atom. The summed E-state index contributed by atoms with van der Waals surface area (Å²) in [6.07, 6.45) is 3.91. The molecule has 5 nitrogen and oxygen atoms in total. The first-order chi connectivity index (χ1) is 11.7. The third-order valence-electron chi connectivity index (χ3n) is 4.57. The summed E-state index contributed by atoms with van der Waals surface area (Å²) in [5.74, 6) is 0.0658. The highest BCUT2D eigenvalue weighted by Gasteiger charge is 2.21. The Morgan fingerprint density at radius 2 is 1.88 bits per heavy atom. The first-order valence-corrected chi connectivity index (χ1v) is 8.38. The number of nitrogens with zero attached hydrogens (tertiary/aromatic N) is 3. The van der Waals surface area contributed by atoms with Crippen LogP contribution in [-0.4, -0.2) is 28.5 Å². The van der Waals surface area contributed by atoms with Gasteiger partial charge in [-0.1, -0.05) is 30.3 Å². The standard InChI is InChI=1S/C19H22N4O/c20-13-16-12-17(21)18(11-15-7-3-1-4-8-15)23(16)14-19(24)22-9-5-2-6-10-22/h1,3-4,7-8,12H,2,5-6,9-11,14,21H2. The van der Waals surface area contributed by atoms with Crippen molar-refractivity contribution in [2.75, 3.05) is 18.8 Å². The molecule has 1 aromatic carbocycles. The van der Waals surface area contributed by atoms with Crippen LogP contribution in [0.3, 0.4) is 0 Å². The van der Waals surface area contributed by atoms with Gasteiger partial charge in [-0.05, 0) is 30.9 Å². The van der Waals surface area contributed by atoms with Gasteiger partial charge in [0.15, 0.2) is 0 Å². The van der Waals surface area contributed by atoms with E-state index in [2.05, 4.69) is 6.07 Å². The van der Waals surface area contributed by atoms with Gasteiger partial charge in [0.1, 0.15) is 18.3 Å². The molecule has 1 aliphatic heterocycles. The van der Waals surface area contributed by atoms with E-state index in [1.54, 1.807) is 10.6 Å². The number of benzene rings is 1. The maximum absolute atomic E-state index is 12.6. The quantitative estimate of drug-likeness (QED) is 0.940. The van der Waals surface area contributed by atoms with Gasteiger partial charge < -0.3 is 15.2 Å². The Bertz CT molecular complexity index is 752. The van der Waals surface area contributed by atoms with E-state index in [4.69, 9.17) is 5.73 Å². The molecule has 1 amide bonds. The number of piperidine rings is 1. The third kappa shape index (κ3) is 3.43. The van der Waals surface area contributed by atoms with Crippen LogP contribution in [-0.2, 0) is 17.8 Å². The molecule has 1 aromatic heterocycles. The van der Waals surface area contributed by atoms with E-state index in [1.807, 2.05) is 35.2 Å². The number of anilines is 1. The monoisotopic (exact) mass is 322 g/mol. The van der Waals surface area contributed by atoms with Crippen LogP contribution >= 0.6 is 0 Å². The summed E-state index contributed by atoms with van der Waals surface area (Å²) in [6.45, 7) is 1.80. The largest absolute Gasteiger partial charge is 0.397 e. The second kappa shape index (κ2) is 7.22. The van der Waals surface area contributed by atoms with E-state index in [1.165, 1.54) is 6.42 Å². The van der Waals surface area contributed by atoms with Crippen molar-refractivity contribution in [2.45, 2.75) is 32.2 Å². The molecule has 5 heteroatoms. The Labute approximate surface area is 142 Å². The highest BCUT2D eigenvalue weighted by Crippen LogP contribution is 2.22. The van der Waals surface area contributed by atoms with Crippen molar-refractivity contribution in [3.8, 4) is 6.07 Å². The van der Waals surface area contributed by atoms with E-state index in [-0.39, 0.29) is 12.5 Å². The molecule has 24 heavy (non-hydrogen) atoms. The summed E-state index contributed by atoms with van der Waals surface area (Å²) in [5, 5.41) is 9.39. The molecular weight excluding hydrogens is 300 g/mol. The molecule has 0 saturated carbocycles. The van der Waals surface area contributed by atoms with Gasteiger partial charge in [-0.3, -0.25) is 4.79 Å². The third-order valence-corrected chi connectivity index (χ3v) is 4.57. The molecule has 0 atom stereocenters. The highest BCUT2D eigenvalue weighted by molar-refractivity contribution is 5.77. The zero-order chi connectivity index (χ0) is 16.9. The van der Waals surface area contributed by atoms with Gasteiger partial charge in [0.25, 0.3) is 0 Å². The number of hydrogen-bond acceptors (Lipinski definition) is 3. The van der Waals surface area contributed by atoms with Crippen molar-refractivity contribution < 1.29 is 4.79 Å². The Morgan fingerprint density at radius 3 is 2.54 bits per heavy atom. The van der Waals surface area contributed by atoms with Gasteiger partial charge in [-0.2, -0.15) is 5.26 Å². The molecule has 124 valence electrons. The molecule has 2 N–H and O–H groups in total. The molecule has 2 heterocycles. The minimum Gasteiger partial charge on any atom is -0.397 e. The summed E-state index contributed by atoms with van der Waals surface area (Å²) in [7, 11) is 0. The molecule has 3 rings (SSSR count). The van der Waals surface area contributed by atoms with Gasteiger partial charge in [0, 0.05) is 25.2 Å². The minimum absolute atomic E-state index is 0.0658. The predicted octanol–water partition coefficient (Wildman–Crippen LogP) is 2.55. The van der Waals surface area contributed by atoms with Crippen LogP contribution in [0.4, 0.5) is 5.69 Å². The molecule has 0 spiro atoms. The number of rotatable bonds is 4. The molecule has 0 aliphatic carbocycles. The lowest BCUT2D eigenvalue weighted by Gasteiger charge is -2.27. The number of nitriles is 1. The van der Waals surface area contributed by atoms with Gasteiger partial charge in [-0.15, -0.1) is 0 Å². The summed E-state index contributed by atoms with van der Waals surface area (Å²) < 4.78 is 1.78. The van der Waals surface area contributed by atoms with Crippen LogP contribution in [0, 0.1) is 11.3 Å². The van der Waals surface area contributed by atoms with E-state index in [9.17, 15) is 10.1 Å². The van der Waals surface area contributed by atoms with Crippen LogP contribution in [0.15, 0.2) is 36.4 Å². The van der Waals surface area contributed by atoms with Gasteiger partial charge >= 0.3 is 0 Å². The SMILES string of the molecule is N#Cc1cc(N)c(Cc2ccccc2)n1CC(=O)N1CCCCC1. The number of aromatic nitrogens is 1. The van der Waals surface area contributed by atoms with Crippen molar-refractivity contribution in [3.05, 3.63) is 53.3 Å². The maximum atomic E-state index is 12.6. The smallest absolute Gasteiger partial charge is 0.242 e. The van der Waals surface area contributed by atoms with Crippen molar-refractivity contribution in [1.29, 1.82) is 5.26 Å². The van der Waals surface area contributed by atoms with Gasteiger partial charge in [-0.25, -0.2) is 0 Å². The topological polar surface area (TPSA) is 75.0 Å². The second-order valence-electron chi connectivity index (χ2n) is 6.23. The van der Waals surface area contributed by atoms with Crippen LogP contribution in [0.25, 0.3) is 0 Å². The van der Waals surface area contributed by atoms with Gasteiger partial charge in [0.05, 0.1) is 5.69 Å². The number of carbonyl (C=O) groups is 1. The molecular formula is C19H22N4O. The summed E-state index contributed by atoms with van der Waals surface area (Å²) >= 11 is 0. The van der Waals surface area contributed by atoms with E-state index in [0.717, 1.165) is 37.2 Å². The summed E-state index contributed by atoms with van der Waals surface area (Å²) in [5.41, 5.74) is 9.09. The van der Waals surface area contributed by atoms with Crippen molar-refractivity contribution in [1.82, 2.24) is 9.47 Å². The first-order valence-electron chi connectivity index (χ1n) is 8.38. The molecule has 0 bridgehead atoms. The first kappa shape index (κ1) is 16.1. The fourth-order valence-corrected chi connectivity index (χ4v) is 3.25. The van der Waals surface area contributed by atoms with Crippen LogP contribution in [0.1, 0.15) is 36.2 Å². The molecule has 2 aromatic rings. The maximum Gasteiger partial charge on any atom is 0.242 e. The fraction of sp³-hybridized carbons (Fsp3) is 0.368. The average molecular weight is 322 g/mol. The van der Waals surface area contributed by atoms with Crippen LogP contribution in [0.5, 0.6) is 0 Å². The molecule has 1 saturated heterocycles. The molecule has 0 radical (unpaired) electrons. The van der Waals surface area contributed by atoms with Crippen molar-refractivity contribution >= 4 is 11.6 Å². The Hall–Kier alpha value is -2.74. The summed E-state index contributed by atoms with van der Waals surface area (Å²) in [6, 6.07) is 13.8. The number of nitrogen functional groups attached to an aromatic ring is 1. The van der Waals surface area contributed by atoms with Crippen LogP contribution in [0.2, 0.25) is 0 Å². The van der Waals surface area contributed by atoms with E-state index >= 15 is 0 Å². The predicted molar refractivity (Wildman–Crippen MR) is 93.2 cm³/mol. The average Bonchev–Trinajstić information content (AvgIpc) is 2.92. The second-order valence-corrected chi connectivity index (χ2v) is 6.23. The zero-order valence-corrected chi connectivity index (χ0v) is 13.7. The highest BCUT2D eigenvalue weighted by atomic mass is 16.2. The summed E-state index contributed by atoms with van der Waals surface area (Å²) in [4.78, 5) is 14.5. The normalized spacial score (nSPS) is 14.4.